The molecule has 30 heavy (non-hydrogen) atoms. The molecule has 0 atom stereocenters. The standard InChI is InChI=1S/C20H16F4N4O2/c21-14-8-13(10-26-18(14)25)12-3-1-11(2-4-12)7-17(29)27-16-9-15(30-28-16)19(5-6-19)20(22,23)24/h1-4,8-10H,5-7H2,(H2,25,26)(H,27,28,29). The molecule has 10 heteroatoms. The van der Waals surface area contributed by atoms with Gasteiger partial charge in [0.1, 0.15) is 5.41 Å². The maximum Gasteiger partial charge on any atom is 0.401 e. The minimum atomic E-state index is -4.42. The Morgan fingerprint density at radius 1 is 1.17 bits per heavy atom. The molecule has 0 unspecified atom stereocenters. The van der Waals surface area contributed by atoms with Gasteiger partial charge in [-0.2, -0.15) is 13.2 Å². The first-order chi connectivity index (χ1) is 14.2. The van der Waals surface area contributed by atoms with E-state index in [1.54, 1.807) is 24.3 Å². The Labute approximate surface area is 168 Å². The van der Waals surface area contributed by atoms with Crippen LogP contribution in [-0.2, 0) is 16.6 Å². The lowest BCUT2D eigenvalue weighted by molar-refractivity contribution is -0.165. The van der Waals surface area contributed by atoms with Crippen molar-refractivity contribution < 1.29 is 26.9 Å². The minimum Gasteiger partial charge on any atom is -0.381 e. The topological polar surface area (TPSA) is 94.0 Å². The molecule has 1 aromatic carbocycles. The van der Waals surface area contributed by atoms with Crippen molar-refractivity contribution in [3.8, 4) is 11.1 Å². The fourth-order valence-corrected chi connectivity index (χ4v) is 3.15. The number of alkyl halides is 3. The van der Waals surface area contributed by atoms with E-state index in [1.165, 1.54) is 12.3 Å². The van der Waals surface area contributed by atoms with Crippen molar-refractivity contribution in [1.82, 2.24) is 10.1 Å². The maximum atomic E-state index is 13.6. The number of hydrogen-bond donors (Lipinski definition) is 2. The van der Waals surface area contributed by atoms with Crippen molar-refractivity contribution in [3.05, 3.63) is 59.7 Å². The second kappa shape index (κ2) is 7.12. The Bertz CT molecular complexity index is 1090. The summed E-state index contributed by atoms with van der Waals surface area (Å²) in [5.41, 5.74) is 5.24. The number of nitrogens with zero attached hydrogens (tertiary/aromatic N) is 2. The van der Waals surface area contributed by atoms with Gasteiger partial charge in [-0.3, -0.25) is 4.79 Å². The number of aromatic nitrogens is 2. The van der Waals surface area contributed by atoms with Gasteiger partial charge in [0.2, 0.25) is 5.91 Å². The van der Waals surface area contributed by atoms with E-state index in [-0.39, 0.29) is 36.7 Å². The average Bonchev–Trinajstić information content (AvgIpc) is 3.39. The summed E-state index contributed by atoms with van der Waals surface area (Å²) < 4.78 is 57.8. The van der Waals surface area contributed by atoms with Crippen molar-refractivity contribution in [2.45, 2.75) is 30.9 Å². The van der Waals surface area contributed by atoms with Crippen molar-refractivity contribution in [2.75, 3.05) is 11.1 Å². The zero-order valence-corrected chi connectivity index (χ0v) is 15.5. The van der Waals surface area contributed by atoms with Crippen LogP contribution >= 0.6 is 0 Å². The normalized spacial score (nSPS) is 15.1. The number of hydrogen-bond acceptors (Lipinski definition) is 5. The second-order valence-corrected chi connectivity index (χ2v) is 7.17. The summed E-state index contributed by atoms with van der Waals surface area (Å²) in [5, 5.41) is 5.96. The summed E-state index contributed by atoms with van der Waals surface area (Å²) in [6.45, 7) is 0. The van der Waals surface area contributed by atoms with Gasteiger partial charge in [-0.1, -0.05) is 29.4 Å². The van der Waals surface area contributed by atoms with E-state index in [1.807, 2.05) is 0 Å². The van der Waals surface area contributed by atoms with Gasteiger partial charge in [-0.15, -0.1) is 0 Å². The van der Waals surface area contributed by atoms with Crippen LogP contribution < -0.4 is 11.1 Å². The number of pyridine rings is 1. The van der Waals surface area contributed by atoms with E-state index in [0.717, 1.165) is 6.07 Å². The molecule has 0 spiro atoms. The summed E-state index contributed by atoms with van der Waals surface area (Å²) >= 11 is 0. The van der Waals surface area contributed by atoms with Crippen LogP contribution in [-0.4, -0.2) is 22.2 Å². The van der Waals surface area contributed by atoms with Crippen LogP contribution in [0.1, 0.15) is 24.2 Å². The number of nitrogens with two attached hydrogens (primary N) is 1. The summed E-state index contributed by atoms with van der Waals surface area (Å²) in [6.07, 6.45) is -3.12. The van der Waals surface area contributed by atoms with Crippen molar-refractivity contribution in [2.24, 2.45) is 0 Å². The van der Waals surface area contributed by atoms with E-state index in [4.69, 9.17) is 10.3 Å². The van der Waals surface area contributed by atoms with Crippen LogP contribution in [0.2, 0.25) is 0 Å². The molecule has 2 heterocycles. The first-order valence-electron chi connectivity index (χ1n) is 9.02. The number of nitrogens with one attached hydrogen (secondary N) is 1. The van der Waals surface area contributed by atoms with Crippen LogP contribution in [0.25, 0.3) is 11.1 Å². The Morgan fingerprint density at radius 2 is 1.87 bits per heavy atom. The molecule has 0 saturated heterocycles. The zero-order chi connectivity index (χ0) is 21.5. The van der Waals surface area contributed by atoms with Crippen LogP contribution in [0.5, 0.6) is 0 Å². The largest absolute Gasteiger partial charge is 0.401 e. The number of anilines is 2. The number of nitrogen functional groups attached to an aromatic ring is 1. The van der Waals surface area contributed by atoms with Crippen molar-refractivity contribution >= 4 is 17.5 Å². The molecule has 6 nitrogen and oxygen atoms in total. The molecule has 4 rings (SSSR count). The Kier molecular flexibility index (Phi) is 4.71. The summed E-state index contributed by atoms with van der Waals surface area (Å²) in [7, 11) is 0. The first-order valence-corrected chi connectivity index (χ1v) is 9.02. The Morgan fingerprint density at radius 3 is 2.47 bits per heavy atom. The molecule has 156 valence electrons. The van der Waals surface area contributed by atoms with Gasteiger partial charge >= 0.3 is 6.18 Å². The monoisotopic (exact) mass is 420 g/mol. The highest BCUT2D eigenvalue weighted by Gasteiger charge is 2.66. The van der Waals surface area contributed by atoms with Crippen LogP contribution in [0.15, 0.2) is 47.1 Å². The lowest BCUT2D eigenvalue weighted by Gasteiger charge is -2.14. The molecule has 0 bridgehead atoms. The van der Waals surface area contributed by atoms with Gasteiger partial charge in [-0.25, -0.2) is 9.37 Å². The highest BCUT2D eigenvalue weighted by molar-refractivity contribution is 5.91. The Balaban J connectivity index is 1.39. The van der Waals surface area contributed by atoms with E-state index >= 15 is 0 Å². The molecule has 3 aromatic rings. The Hall–Kier alpha value is -3.43. The number of carbonyl (C=O) groups excluding carboxylic acids is 1. The summed E-state index contributed by atoms with van der Waals surface area (Å²) in [6, 6.07) is 9.14. The predicted octanol–water partition coefficient (Wildman–Crippen LogP) is 4.23. The summed E-state index contributed by atoms with van der Waals surface area (Å²) in [4.78, 5) is 16.0. The number of halogens is 4. The molecule has 3 N–H and O–H groups in total. The number of carbonyl (C=O) groups is 1. The van der Waals surface area contributed by atoms with Crippen molar-refractivity contribution in [1.29, 1.82) is 0 Å². The first kappa shape index (κ1) is 19.9. The zero-order valence-electron chi connectivity index (χ0n) is 15.5. The molecule has 1 aliphatic rings. The second-order valence-electron chi connectivity index (χ2n) is 7.17. The number of amides is 1. The van der Waals surface area contributed by atoms with E-state index in [9.17, 15) is 22.4 Å². The quantitative estimate of drug-likeness (QED) is 0.603. The van der Waals surface area contributed by atoms with E-state index in [0.29, 0.717) is 16.7 Å². The molecular formula is C20H16F4N4O2. The fraction of sp³-hybridized carbons (Fsp3) is 0.250. The average molecular weight is 420 g/mol. The van der Waals surface area contributed by atoms with Crippen LogP contribution in [0, 0.1) is 5.82 Å². The third-order valence-corrected chi connectivity index (χ3v) is 5.06. The molecule has 1 aliphatic carbocycles. The van der Waals surface area contributed by atoms with Crippen LogP contribution in [0.4, 0.5) is 29.2 Å². The molecular weight excluding hydrogens is 404 g/mol. The highest BCUT2D eigenvalue weighted by Crippen LogP contribution is 2.59. The predicted molar refractivity (Wildman–Crippen MR) is 99.8 cm³/mol. The molecule has 0 aliphatic heterocycles. The number of benzene rings is 1. The van der Waals surface area contributed by atoms with E-state index < -0.39 is 23.3 Å². The van der Waals surface area contributed by atoms with Crippen molar-refractivity contribution in [3.63, 3.8) is 0 Å². The van der Waals surface area contributed by atoms with Gasteiger partial charge in [0.15, 0.2) is 23.2 Å². The molecule has 1 amide bonds. The molecule has 0 radical (unpaired) electrons. The third kappa shape index (κ3) is 3.72. The summed E-state index contributed by atoms with van der Waals surface area (Å²) in [5.74, 6) is -1.63. The fourth-order valence-electron chi connectivity index (χ4n) is 3.15. The SMILES string of the molecule is Nc1ncc(-c2ccc(CC(=O)Nc3cc(C4(C(F)(F)F)CC4)on3)cc2)cc1F. The van der Waals surface area contributed by atoms with Gasteiger partial charge in [0, 0.05) is 17.8 Å². The third-order valence-electron chi connectivity index (χ3n) is 5.06. The maximum absolute atomic E-state index is 13.6. The lowest BCUT2D eigenvalue weighted by Crippen LogP contribution is -2.28. The van der Waals surface area contributed by atoms with Gasteiger partial charge < -0.3 is 15.6 Å². The van der Waals surface area contributed by atoms with Gasteiger partial charge in [0.25, 0.3) is 0 Å². The molecule has 1 fully saturated rings. The number of rotatable bonds is 5. The van der Waals surface area contributed by atoms with Crippen LogP contribution in [0.3, 0.4) is 0 Å². The molecule has 2 aromatic heterocycles. The molecule has 1 saturated carbocycles. The lowest BCUT2D eigenvalue weighted by atomic mass is 10.0. The minimum absolute atomic E-state index is 0.0266. The van der Waals surface area contributed by atoms with Gasteiger partial charge in [0.05, 0.1) is 6.42 Å². The smallest absolute Gasteiger partial charge is 0.381 e. The van der Waals surface area contributed by atoms with E-state index in [2.05, 4.69) is 15.5 Å². The highest BCUT2D eigenvalue weighted by atomic mass is 19.4. The van der Waals surface area contributed by atoms with Gasteiger partial charge in [-0.05, 0) is 30.0 Å².